The van der Waals surface area contributed by atoms with Gasteiger partial charge < -0.3 is 9.88 Å². The summed E-state index contributed by atoms with van der Waals surface area (Å²) in [6.45, 7) is 9.22. The van der Waals surface area contributed by atoms with Crippen molar-refractivity contribution in [2.45, 2.75) is 59.0 Å². The summed E-state index contributed by atoms with van der Waals surface area (Å²) in [4.78, 5) is 19.4. The first-order valence-electron chi connectivity index (χ1n) is 9.18. The lowest BCUT2D eigenvalue weighted by Crippen LogP contribution is -2.35. The van der Waals surface area contributed by atoms with Gasteiger partial charge in [-0.15, -0.1) is 0 Å². The Kier molecular flexibility index (Phi) is 5.36. The van der Waals surface area contributed by atoms with E-state index in [4.69, 9.17) is 0 Å². The van der Waals surface area contributed by atoms with Gasteiger partial charge in [-0.3, -0.25) is 9.69 Å². The van der Waals surface area contributed by atoms with Crippen molar-refractivity contribution in [1.29, 1.82) is 0 Å². The minimum atomic E-state index is -0.00659. The van der Waals surface area contributed by atoms with Crippen molar-refractivity contribution in [1.82, 2.24) is 19.8 Å². The van der Waals surface area contributed by atoms with Gasteiger partial charge in [-0.2, -0.15) is 0 Å². The van der Waals surface area contributed by atoms with Crippen molar-refractivity contribution in [3.05, 3.63) is 17.7 Å². The number of nitrogens with zero attached hydrogens (tertiary/aromatic N) is 3. The molecule has 1 fully saturated rings. The number of amides is 1. The predicted octanol–water partition coefficient (Wildman–Crippen LogP) is 2.66. The van der Waals surface area contributed by atoms with Crippen LogP contribution in [-0.4, -0.2) is 40.0 Å². The van der Waals surface area contributed by atoms with Crippen LogP contribution in [0.3, 0.4) is 0 Å². The third-order valence-corrected chi connectivity index (χ3v) is 5.01. The molecule has 1 saturated carbocycles. The molecule has 2 aliphatic rings. The maximum Gasteiger partial charge on any atom is 0.271 e. The van der Waals surface area contributed by atoms with Crippen molar-refractivity contribution in [3.8, 4) is 0 Å². The highest BCUT2D eigenvalue weighted by atomic mass is 16.1. The molecule has 0 atom stereocenters. The van der Waals surface area contributed by atoms with Gasteiger partial charge in [0.2, 0.25) is 0 Å². The molecule has 1 amide bonds. The fourth-order valence-electron chi connectivity index (χ4n) is 3.80. The average Bonchev–Trinajstić information content (AvgIpc) is 2.96. The Morgan fingerprint density at radius 2 is 2.09 bits per heavy atom. The molecule has 0 spiro atoms. The molecule has 1 N–H and O–H groups in total. The SMILES string of the molecule is CC(C)CN1CCn2cc(C(=O)NCC3CCCCC3)nc2C1. The van der Waals surface area contributed by atoms with Crippen LogP contribution in [0, 0.1) is 11.8 Å². The molecule has 0 bridgehead atoms. The van der Waals surface area contributed by atoms with E-state index in [2.05, 4.69) is 33.6 Å². The fourth-order valence-corrected chi connectivity index (χ4v) is 3.80. The number of carbonyl (C=O) groups is 1. The van der Waals surface area contributed by atoms with E-state index in [1.54, 1.807) is 0 Å². The van der Waals surface area contributed by atoms with E-state index in [0.29, 0.717) is 17.5 Å². The zero-order valence-electron chi connectivity index (χ0n) is 14.6. The molecule has 0 radical (unpaired) electrons. The van der Waals surface area contributed by atoms with Gasteiger partial charge in [-0.1, -0.05) is 33.1 Å². The summed E-state index contributed by atoms with van der Waals surface area (Å²) in [6.07, 6.45) is 8.41. The number of hydrogen-bond acceptors (Lipinski definition) is 3. The van der Waals surface area contributed by atoms with Gasteiger partial charge >= 0.3 is 0 Å². The quantitative estimate of drug-likeness (QED) is 0.908. The summed E-state index contributed by atoms with van der Waals surface area (Å²) in [5.74, 6) is 2.34. The van der Waals surface area contributed by atoms with Crippen LogP contribution in [0.5, 0.6) is 0 Å². The Hall–Kier alpha value is -1.36. The van der Waals surface area contributed by atoms with Gasteiger partial charge in [0.1, 0.15) is 11.5 Å². The van der Waals surface area contributed by atoms with E-state index < -0.39 is 0 Å². The summed E-state index contributed by atoms with van der Waals surface area (Å²) in [7, 11) is 0. The largest absolute Gasteiger partial charge is 0.350 e. The lowest BCUT2D eigenvalue weighted by molar-refractivity contribution is 0.0939. The second-order valence-electron chi connectivity index (χ2n) is 7.58. The molecule has 5 heteroatoms. The van der Waals surface area contributed by atoms with Crippen molar-refractivity contribution < 1.29 is 4.79 Å². The number of carbonyl (C=O) groups excluding carboxylic acids is 1. The monoisotopic (exact) mass is 318 g/mol. The van der Waals surface area contributed by atoms with Gasteiger partial charge in [0.15, 0.2) is 0 Å². The van der Waals surface area contributed by atoms with Crippen LogP contribution in [-0.2, 0) is 13.1 Å². The van der Waals surface area contributed by atoms with Crippen molar-refractivity contribution in [2.75, 3.05) is 19.6 Å². The van der Waals surface area contributed by atoms with E-state index in [-0.39, 0.29) is 5.91 Å². The van der Waals surface area contributed by atoms with Gasteiger partial charge in [0, 0.05) is 32.4 Å². The summed E-state index contributed by atoms with van der Waals surface area (Å²) in [5.41, 5.74) is 0.585. The molecule has 2 heterocycles. The van der Waals surface area contributed by atoms with Gasteiger partial charge in [-0.25, -0.2) is 4.98 Å². The second kappa shape index (κ2) is 7.47. The van der Waals surface area contributed by atoms with Crippen LogP contribution in [0.4, 0.5) is 0 Å². The average molecular weight is 318 g/mol. The molecule has 128 valence electrons. The van der Waals surface area contributed by atoms with Crippen LogP contribution in [0.15, 0.2) is 6.20 Å². The maximum atomic E-state index is 12.4. The number of hydrogen-bond donors (Lipinski definition) is 1. The van der Waals surface area contributed by atoms with Crippen LogP contribution in [0.2, 0.25) is 0 Å². The number of nitrogens with one attached hydrogen (secondary N) is 1. The van der Waals surface area contributed by atoms with Crippen LogP contribution < -0.4 is 5.32 Å². The number of rotatable bonds is 5. The highest BCUT2D eigenvalue weighted by Crippen LogP contribution is 2.23. The molecular formula is C18H30N4O. The molecule has 3 rings (SSSR count). The molecule has 23 heavy (non-hydrogen) atoms. The first kappa shape index (κ1) is 16.5. The second-order valence-corrected chi connectivity index (χ2v) is 7.58. The molecule has 5 nitrogen and oxygen atoms in total. The van der Waals surface area contributed by atoms with E-state index in [1.165, 1.54) is 32.1 Å². The number of aromatic nitrogens is 2. The smallest absolute Gasteiger partial charge is 0.271 e. The summed E-state index contributed by atoms with van der Waals surface area (Å²) in [6, 6.07) is 0. The molecular weight excluding hydrogens is 288 g/mol. The van der Waals surface area contributed by atoms with Crippen molar-refractivity contribution >= 4 is 5.91 Å². The summed E-state index contributed by atoms with van der Waals surface area (Å²) < 4.78 is 2.15. The van der Waals surface area contributed by atoms with Crippen LogP contribution in [0.1, 0.15) is 62.3 Å². The zero-order chi connectivity index (χ0) is 16.2. The standard InChI is InChI=1S/C18H30N4O/c1-14(2)11-21-8-9-22-12-16(20-17(22)13-21)18(23)19-10-15-6-4-3-5-7-15/h12,14-15H,3-11,13H2,1-2H3,(H,19,23). The summed E-state index contributed by atoms with van der Waals surface area (Å²) >= 11 is 0. The van der Waals surface area contributed by atoms with Crippen LogP contribution in [0.25, 0.3) is 0 Å². The molecule has 0 saturated heterocycles. The molecule has 1 aliphatic heterocycles. The number of fused-ring (bicyclic) bond motifs is 1. The molecule has 1 aromatic rings. The topological polar surface area (TPSA) is 50.2 Å². The zero-order valence-corrected chi connectivity index (χ0v) is 14.6. The van der Waals surface area contributed by atoms with E-state index in [1.807, 2.05) is 6.20 Å². The first-order valence-corrected chi connectivity index (χ1v) is 9.18. The van der Waals surface area contributed by atoms with Crippen LogP contribution >= 0.6 is 0 Å². The van der Waals surface area contributed by atoms with Crippen molar-refractivity contribution in [2.24, 2.45) is 11.8 Å². The molecule has 1 aromatic heterocycles. The Balaban J connectivity index is 1.54. The van der Waals surface area contributed by atoms with Gasteiger partial charge in [-0.05, 0) is 24.7 Å². The van der Waals surface area contributed by atoms with E-state index >= 15 is 0 Å². The van der Waals surface area contributed by atoms with E-state index in [9.17, 15) is 4.79 Å². The third kappa shape index (κ3) is 4.34. The van der Waals surface area contributed by atoms with Gasteiger partial charge in [0.05, 0.1) is 6.54 Å². The minimum absolute atomic E-state index is 0.00659. The highest BCUT2D eigenvalue weighted by molar-refractivity contribution is 5.92. The lowest BCUT2D eigenvalue weighted by Gasteiger charge is -2.28. The fraction of sp³-hybridized carbons (Fsp3) is 0.778. The number of imidazole rings is 1. The Labute approximate surface area is 139 Å². The Bertz CT molecular complexity index is 531. The van der Waals surface area contributed by atoms with Crippen molar-refractivity contribution in [3.63, 3.8) is 0 Å². The maximum absolute atomic E-state index is 12.4. The first-order chi connectivity index (χ1) is 11.1. The lowest BCUT2D eigenvalue weighted by atomic mass is 9.89. The van der Waals surface area contributed by atoms with E-state index in [0.717, 1.165) is 38.5 Å². The minimum Gasteiger partial charge on any atom is -0.350 e. The molecule has 0 unspecified atom stereocenters. The third-order valence-electron chi connectivity index (χ3n) is 5.01. The Morgan fingerprint density at radius 3 is 2.83 bits per heavy atom. The predicted molar refractivity (Wildman–Crippen MR) is 91.3 cm³/mol. The Morgan fingerprint density at radius 1 is 1.30 bits per heavy atom. The van der Waals surface area contributed by atoms with Gasteiger partial charge in [0.25, 0.3) is 5.91 Å². The normalized spacial score (nSPS) is 19.8. The molecule has 1 aliphatic carbocycles. The molecule has 0 aromatic carbocycles. The highest BCUT2D eigenvalue weighted by Gasteiger charge is 2.22. The summed E-state index contributed by atoms with van der Waals surface area (Å²) in [5, 5.41) is 3.09.